The molecule has 106 valence electrons. The van der Waals surface area contributed by atoms with E-state index < -0.39 is 0 Å². The third-order valence-corrected chi connectivity index (χ3v) is 3.88. The number of rotatable bonds is 3. The van der Waals surface area contributed by atoms with E-state index in [4.69, 9.17) is 5.84 Å². The van der Waals surface area contributed by atoms with Gasteiger partial charge < -0.3 is 0 Å². The molecule has 3 aromatic carbocycles. The van der Waals surface area contributed by atoms with Crippen molar-refractivity contribution in [2.75, 3.05) is 0 Å². The summed E-state index contributed by atoms with van der Waals surface area (Å²) in [7, 11) is 0. The van der Waals surface area contributed by atoms with Crippen LogP contribution < -0.4 is 11.3 Å². The minimum absolute atomic E-state index is 0.170. The quantitative estimate of drug-likeness (QED) is 0.565. The van der Waals surface area contributed by atoms with Crippen molar-refractivity contribution in [2.24, 2.45) is 5.84 Å². The van der Waals surface area contributed by atoms with Gasteiger partial charge in [-0.3, -0.25) is 5.84 Å². The minimum Gasteiger partial charge on any atom is -0.271 e. The van der Waals surface area contributed by atoms with Gasteiger partial charge in [0.15, 0.2) is 0 Å². The lowest BCUT2D eigenvalue weighted by molar-refractivity contribution is 0.626. The highest BCUT2D eigenvalue weighted by molar-refractivity contribution is 5.87. The van der Waals surface area contributed by atoms with Crippen LogP contribution in [0.15, 0.2) is 60.7 Å². The van der Waals surface area contributed by atoms with Crippen LogP contribution in [0.4, 0.5) is 4.39 Å². The summed E-state index contributed by atoms with van der Waals surface area (Å²) < 4.78 is 14.0. The van der Waals surface area contributed by atoms with Crippen LogP contribution in [0, 0.1) is 12.7 Å². The fourth-order valence-electron chi connectivity index (χ4n) is 2.80. The molecule has 3 rings (SSSR count). The average molecular weight is 280 g/mol. The van der Waals surface area contributed by atoms with Gasteiger partial charge in [0.25, 0.3) is 0 Å². The second-order valence-electron chi connectivity index (χ2n) is 5.14. The van der Waals surface area contributed by atoms with Gasteiger partial charge in [-0.2, -0.15) is 0 Å². The molecular weight excluding hydrogens is 263 g/mol. The molecule has 0 amide bonds. The fourth-order valence-corrected chi connectivity index (χ4v) is 2.80. The number of nitrogens with one attached hydrogen (secondary N) is 1. The zero-order chi connectivity index (χ0) is 14.8. The molecule has 1 unspecified atom stereocenters. The topological polar surface area (TPSA) is 38.0 Å². The van der Waals surface area contributed by atoms with E-state index in [1.165, 1.54) is 6.07 Å². The van der Waals surface area contributed by atoms with Crippen molar-refractivity contribution < 1.29 is 4.39 Å². The molecule has 0 heterocycles. The molecule has 3 heteroatoms. The van der Waals surface area contributed by atoms with E-state index >= 15 is 0 Å². The summed E-state index contributed by atoms with van der Waals surface area (Å²) in [6, 6.07) is 18.7. The van der Waals surface area contributed by atoms with E-state index in [1.54, 1.807) is 12.1 Å². The number of benzene rings is 3. The van der Waals surface area contributed by atoms with E-state index in [9.17, 15) is 4.39 Å². The Bertz CT molecular complexity index is 783. The Hall–Kier alpha value is -2.23. The van der Waals surface area contributed by atoms with Crippen molar-refractivity contribution in [3.63, 3.8) is 0 Å². The molecule has 3 N–H and O–H groups in total. The van der Waals surface area contributed by atoms with Crippen LogP contribution in [0.25, 0.3) is 10.8 Å². The molecule has 0 aliphatic carbocycles. The molecule has 0 aromatic heterocycles. The Morgan fingerprint density at radius 1 is 0.857 bits per heavy atom. The van der Waals surface area contributed by atoms with Gasteiger partial charge in [-0.1, -0.05) is 54.6 Å². The molecule has 0 bridgehead atoms. The SMILES string of the molecule is Cc1ccccc1C(NN)c1ccc(F)c2ccccc12. The number of hydrogen-bond donors (Lipinski definition) is 2. The zero-order valence-corrected chi connectivity index (χ0v) is 11.8. The maximum atomic E-state index is 14.0. The summed E-state index contributed by atoms with van der Waals surface area (Å²) in [5.41, 5.74) is 6.08. The molecule has 0 saturated carbocycles. The summed E-state index contributed by atoms with van der Waals surface area (Å²) in [6.07, 6.45) is 0. The number of halogens is 1. The summed E-state index contributed by atoms with van der Waals surface area (Å²) in [4.78, 5) is 0. The fraction of sp³-hybridized carbons (Fsp3) is 0.111. The lowest BCUT2D eigenvalue weighted by Gasteiger charge is -2.21. The minimum atomic E-state index is -0.213. The van der Waals surface area contributed by atoms with Crippen LogP contribution >= 0.6 is 0 Å². The predicted molar refractivity (Wildman–Crippen MR) is 84.3 cm³/mol. The first-order valence-electron chi connectivity index (χ1n) is 6.91. The van der Waals surface area contributed by atoms with Crippen molar-refractivity contribution >= 4 is 10.8 Å². The van der Waals surface area contributed by atoms with Crippen LogP contribution in [-0.4, -0.2) is 0 Å². The van der Waals surface area contributed by atoms with Crippen molar-refractivity contribution in [1.82, 2.24) is 5.43 Å². The molecule has 2 nitrogen and oxygen atoms in total. The van der Waals surface area contributed by atoms with Crippen molar-refractivity contribution in [1.29, 1.82) is 0 Å². The standard InChI is InChI=1S/C18H17FN2/c1-12-6-2-3-7-13(12)18(21-20)16-10-11-17(19)15-9-5-4-8-14(15)16/h2-11,18,21H,20H2,1H3. The van der Waals surface area contributed by atoms with Gasteiger partial charge in [-0.05, 0) is 35.1 Å². The van der Waals surface area contributed by atoms with E-state index in [0.29, 0.717) is 5.39 Å². The Kier molecular flexibility index (Phi) is 3.69. The molecule has 0 radical (unpaired) electrons. The highest BCUT2D eigenvalue weighted by Crippen LogP contribution is 2.31. The van der Waals surface area contributed by atoms with E-state index in [-0.39, 0.29) is 11.9 Å². The Balaban J connectivity index is 2.23. The maximum Gasteiger partial charge on any atom is 0.131 e. The molecule has 0 aliphatic heterocycles. The first-order valence-corrected chi connectivity index (χ1v) is 6.91. The van der Waals surface area contributed by atoms with Gasteiger partial charge in [0, 0.05) is 5.39 Å². The third-order valence-electron chi connectivity index (χ3n) is 3.88. The molecule has 0 fully saturated rings. The second-order valence-corrected chi connectivity index (χ2v) is 5.14. The summed E-state index contributed by atoms with van der Waals surface area (Å²) in [5, 5.41) is 1.49. The molecular formula is C18H17FN2. The Morgan fingerprint density at radius 2 is 1.52 bits per heavy atom. The largest absolute Gasteiger partial charge is 0.271 e. The van der Waals surface area contributed by atoms with Crippen molar-refractivity contribution in [3.8, 4) is 0 Å². The van der Waals surface area contributed by atoms with Gasteiger partial charge in [0.1, 0.15) is 5.82 Å². The van der Waals surface area contributed by atoms with Gasteiger partial charge in [0.05, 0.1) is 6.04 Å². The van der Waals surface area contributed by atoms with Gasteiger partial charge in [0.2, 0.25) is 0 Å². The summed E-state index contributed by atoms with van der Waals surface area (Å²) in [6.45, 7) is 2.05. The average Bonchev–Trinajstić information content (AvgIpc) is 2.52. The first-order chi connectivity index (χ1) is 10.2. The van der Waals surface area contributed by atoms with E-state index in [2.05, 4.69) is 5.43 Å². The van der Waals surface area contributed by atoms with Crippen LogP contribution in [0.3, 0.4) is 0 Å². The number of fused-ring (bicyclic) bond motifs is 1. The smallest absolute Gasteiger partial charge is 0.131 e. The molecule has 3 aromatic rings. The summed E-state index contributed by atoms with van der Waals surface area (Å²) in [5.74, 6) is 5.58. The zero-order valence-electron chi connectivity index (χ0n) is 11.8. The second kappa shape index (κ2) is 5.64. The van der Waals surface area contributed by atoms with Crippen molar-refractivity contribution in [3.05, 3.63) is 83.2 Å². The number of hydrazine groups is 1. The Morgan fingerprint density at radius 3 is 2.24 bits per heavy atom. The van der Waals surface area contributed by atoms with Crippen molar-refractivity contribution in [2.45, 2.75) is 13.0 Å². The number of aryl methyl sites for hydroxylation is 1. The normalized spacial score (nSPS) is 12.5. The molecule has 0 spiro atoms. The van der Waals surface area contributed by atoms with E-state index in [0.717, 1.165) is 22.1 Å². The van der Waals surface area contributed by atoms with Gasteiger partial charge >= 0.3 is 0 Å². The number of nitrogens with two attached hydrogens (primary N) is 1. The van der Waals surface area contributed by atoms with E-state index in [1.807, 2.05) is 49.4 Å². The van der Waals surface area contributed by atoms with Gasteiger partial charge in [-0.15, -0.1) is 0 Å². The molecule has 0 aliphatic rings. The van der Waals surface area contributed by atoms with Crippen LogP contribution in [0.2, 0.25) is 0 Å². The Labute approximate surface area is 123 Å². The maximum absolute atomic E-state index is 14.0. The monoisotopic (exact) mass is 280 g/mol. The number of hydrogen-bond acceptors (Lipinski definition) is 2. The third kappa shape index (κ3) is 2.42. The molecule has 21 heavy (non-hydrogen) atoms. The lowest BCUT2D eigenvalue weighted by Crippen LogP contribution is -2.29. The molecule has 1 atom stereocenters. The first kappa shape index (κ1) is 13.7. The van der Waals surface area contributed by atoms with Crippen LogP contribution in [-0.2, 0) is 0 Å². The van der Waals surface area contributed by atoms with Crippen LogP contribution in [0.1, 0.15) is 22.7 Å². The van der Waals surface area contributed by atoms with Gasteiger partial charge in [-0.25, -0.2) is 9.82 Å². The van der Waals surface area contributed by atoms with Crippen LogP contribution in [0.5, 0.6) is 0 Å². The highest BCUT2D eigenvalue weighted by Gasteiger charge is 2.17. The summed E-state index contributed by atoms with van der Waals surface area (Å²) >= 11 is 0. The predicted octanol–water partition coefficient (Wildman–Crippen LogP) is 3.84. The molecule has 0 saturated heterocycles. The highest BCUT2D eigenvalue weighted by atomic mass is 19.1. The lowest BCUT2D eigenvalue weighted by atomic mass is 9.91.